The van der Waals surface area contributed by atoms with Gasteiger partial charge < -0.3 is 25.4 Å². The van der Waals surface area contributed by atoms with Gasteiger partial charge in [-0.15, -0.1) is 5.10 Å². The second-order valence-electron chi connectivity index (χ2n) is 10.7. The number of benzene rings is 3. The van der Waals surface area contributed by atoms with Crippen molar-refractivity contribution in [3.8, 4) is 0 Å². The highest BCUT2D eigenvalue weighted by molar-refractivity contribution is 7.99. The molecule has 3 aromatic carbocycles. The van der Waals surface area contributed by atoms with Crippen LogP contribution in [0.1, 0.15) is 36.0 Å². The lowest BCUT2D eigenvalue weighted by Gasteiger charge is -2.35. The fourth-order valence-corrected chi connectivity index (χ4v) is 6.34. The summed E-state index contributed by atoms with van der Waals surface area (Å²) in [5.74, 6) is -0.0406. The van der Waals surface area contributed by atoms with Crippen LogP contribution in [0.15, 0.2) is 96.4 Å². The molecule has 1 aromatic heterocycles. The van der Waals surface area contributed by atoms with Gasteiger partial charge in [0.25, 0.3) is 0 Å². The number of hydrogen-bond acceptors (Lipinski definition) is 8. The Labute approximate surface area is 261 Å². The monoisotopic (exact) mass is 614 g/mol. The minimum Gasteiger partial charge on any atom is -0.453 e. The number of H-pyrrole nitrogens is 1. The van der Waals surface area contributed by atoms with Crippen LogP contribution in [0.4, 0.5) is 10.5 Å². The number of carbonyl (C=O) groups excluding carboxylic acids is 2. The topological polar surface area (TPSA) is 130 Å². The van der Waals surface area contributed by atoms with E-state index in [1.807, 2.05) is 84.9 Å². The zero-order valence-electron chi connectivity index (χ0n) is 24.8. The Bertz CT molecular complexity index is 1430. The summed E-state index contributed by atoms with van der Waals surface area (Å²) in [5, 5.41) is 17.0. The molecule has 0 saturated carbocycles. The van der Waals surface area contributed by atoms with Crippen LogP contribution in [-0.4, -0.2) is 70.9 Å². The third-order valence-corrected chi connectivity index (χ3v) is 8.71. The van der Waals surface area contributed by atoms with E-state index >= 15 is 0 Å². The van der Waals surface area contributed by atoms with Crippen molar-refractivity contribution in [2.45, 2.75) is 55.1 Å². The van der Waals surface area contributed by atoms with Crippen molar-refractivity contribution >= 4 is 29.4 Å². The number of anilines is 1. The van der Waals surface area contributed by atoms with Crippen molar-refractivity contribution in [1.82, 2.24) is 25.8 Å². The number of ether oxygens (including phenoxy) is 2. The number of nitrogens with one attached hydrogen (secondary N) is 4. The molecule has 0 radical (unpaired) electrons. The number of carbonyl (C=O) groups is 2. The van der Waals surface area contributed by atoms with E-state index in [1.165, 1.54) is 7.11 Å². The van der Waals surface area contributed by atoms with Gasteiger partial charge in [0.15, 0.2) is 0 Å². The van der Waals surface area contributed by atoms with Crippen LogP contribution in [0.3, 0.4) is 0 Å². The van der Waals surface area contributed by atoms with E-state index in [2.05, 4.69) is 38.1 Å². The molecule has 1 saturated heterocycles. The van der Waals surface area contributed by atoms with Gasteiger partial charge >= 0.3 is 6.09 Å². The fourth-order valence-electron chi connectivity index (χ4n) is 5.41. The number of aromatic amines is 1. The smallest absolute Gasteiger partial charge is 0.407 e. The van der Waals surface area contributed by atoms with Gasteiger partial charge in [-0.1, -0.05) is 90.6 Å². The van der Waals surface area contributed by atoms with Crippen molar-refractivity contribution in [3.05, 3.63) is 108 Å². The van der Waals surface area contributed by atoms with Crippen LogP contribution in [0, 0.1) is 0 Å². The fraction of sp³-hybridized carbons (Fsp3) is 0.333. The van der Waals surface area contributed by atoms with Gasteiger partial charge in [-0.3, -0.25) is 9.89 Å². The van der Waals surface area contributed by atoms with Gasteiger partial charge in [0.2, 0.25) is 11.1 Å². The molecule has 0 bridgehead atoms. The molecular weight excluding hydrogens is 576 g/mol. The van der Waals surface area contributed by atoms with E-state index in [4.69, 9.17) is 9.47 Å². The van der Waals surface area contributed by atoms with E-state index in [0.717, 1.165) is 35.4 Å². The molecule has 4 atom stereocenters. The summed E-state index contributed by atoms with van der Waals surface area (Å²) >= 11 is 1.57. The van der Waals surface area contributed by atoms with Crippen LogP contribution in [0.2, 0.25) is 0 Å². The highest BCUT2D eigenvalue weighted by atomic mass is 32.2. The van der Waals surface area contributed by atoms with Crippen molar-refractivity contribution < 1.29 is 19.1 Å². The van der Waals surface area contributed by atoms with E-state index in [9.17, 15) is 9.59 Å². The number of amides is 2. The molecular formula is C33H38N6O4S. The molecule has 2 heterocycles. The zero-order chi connectivity index (χ0) is 30.7. The number of alkyl carbamates (subject to hydrolysis) is 1. The first-order valence-corrected chi connectivity index (χ1v) is 15.7. The first-order valence-electron chi connectivity index (χ1n) is 14.7. The van der Waals surface area contributed by atoms with Gasteiger partial charge in [0.05, 0.1) is 19.3 Å². The molecule has 44 heavy (non-hydrogen) atoms. The lowest BCUT2D eigenvalue weighted by atomic mass is 9.84. The summed E-state index contributed by atoms with van der Waals surface area (Å²) in [7, 11) is 1.29. The molecule has 1 aliphatic rings. The molecule has 11 heteroatoms. The van der Waals surface area contributed by atoms with E-state index in [1.54, 1.807) is 18.1 Å². The minimum atomic E-state index is -0.935. The van der Waals surface area contributed by atoms with Crippen molar-refractivity contribution in [1.29, 1.82) is 0 Å². The van der Waals surface area contributed by atoms with Gasteiger partial charge in [-0.05, 0) is 42.5 Å². The Morgan fingerprint density at radius 3 is 2.36 bits per heavy atom. The maximum Gasteiger partial charge on any atom is 0.407 e. The molecule has 1 fully saturated rings. The second-order valence-corrected chi connectivity index (χ2v) is 11.7. The molecule has 1 aliphatic heterocycles. The predicted octanol–water partition coefficient (Wildman–Crippen LogP) is 4.77. The molecule has 5 rings (SSSR count). The lowest BCUT2D eigenvalue weighted by Crippen LogP contribution is -2.52. The first kappa shape index (κ1) is 31.2. The molecule has 230 valence electrons. The number of hydrogen-bond donors (Lipinski definition) is 4. The zero-order valence-corrected chi connectivity index (χ0v) is 25.6. The molecule has 2 amide bonds. The number of methoxy groups -OCH3 is 1. The third-order valence-electron chi connectivity index (χ3n) is 7.76. The van der Waals surface area contributed by atoms with Crippen LogP contribution in [0.25, 0.3) is 0 Å². The number of aryl methyl sites for hydroxylation is 1. The Kier molecular flexibility index (Phi) is 11.0. The minimum absolute atomic E-state index is 0.0157. The molecule has 0 spiro atoms. The maximum atomic E-state index is 14.0. The Hall–Kier alpha value is -4.19. The predicted molar refractivity (Wildman–Crippen MR) is 171 cm³/mol. The summed E-state index contributed by atoms with van der Waals surface area (Å²) in [6, 6.07) is 26.4. The van der Waals surface area contributed by atoms with E-state index < -0.39 is 18.1 Å². The molecule has 4 N–H and O–H groups in total. The Morgan fingerprint density at radius 2 is 1.70 bits per heavy atom. The van der Waals surface area contributed by atoms with Crippen molar-refractivity contribution in [3.63, 3.8) is 0 Å². The summed E-state index contributed by atoms with van der Waals surface area (Å²) in [6.45, 7) is 2.87. The average molecular weight is 615 g/mol. The highest BCUT2D eigenvalue weighted by Gasteiger charge is 2.33. The third kappa shape index (κ3) is 8.25. The van der Waals surface area contributed by atoms with E-state index in [0.29, 0.717) is 17.3 Å². The summed E-state index contributed by atoms with van der Waals surface area (Å²) < 4.78 is 11.4. The first-order chi connectivity index (χ1) is 21.5. The molecule has 0 unspecified atom stereocenters. The maximum absolute atomic E-state index is 14.0. The average Bonchev–Trinajstić information content (AvgIpc) is 3.59. The summed E-state index contributed by atoms with van der Waals surface area (Å²) in [5.41, 5.74) is 3.48. The van der Waals surface area contributed by atoms with Gasteiger partial charge in [0.1, 0.15) is 12.4 Å². The van der Waals surface area contributed by atoms with Crippen molar-refractivity contribution in [2.75, 3.05) is 24.7 Å². The van der Waals surface area contributed by atoms with Crippen LogP contribution >= 0.6 is 11.8 Å². The van der Waals surface area contributed by atoms with E-state index in [-0.39, 0.29) is 24.2 Å². The SMILES string of the molecule is COC(=O)N[C@H](C(=O)Nc1ccccc1CC[C@@H]1CN[C@H](C)[C@@H](CSc2nc[nH]n2)O1)C(c1ccccc1)c1ccccc1. The van der Waals surface area contributed by atoms with Crippen LogP contribution in [0.5, 0.6) is 0 Å². The Balaban J connectivity index is 1.30. The number of aromatic nitrogens is 3. The molecule has 10 nitrogen and oxygen atoms in total. The number of nitrogens with zero attached hydrogens (tertiary/aromatic N) is 2. The lowest BCUT2D eigenvalue weighted by molar-refractivity contribution is -0.118. The number of rotatable bonds is 12. The second kappa shape index (κ2) is 15.5. The van der Waals surface area contributed by atoms with Crippen LogP contribution < -0.4 is 16.0 Å². The Morgan fingerprint density at radius 1 is 1.02 bits per heavy atom. The number of morpholine rings is 1. The van der Waals surface area contributed by atoms with Gasteiger partial charge in [0, 0.05) is 29.9 Å². The van der Waals surface area contributed by atoms with Gasteiger partial charge in [-0.25, -0.2) is 9.78 Å². The number of thioether (sulfide) groups is 1. The van der Waals surface area contributed by atoms with Crippen molar-refractivity contribution in [2.24, 2.45) is 0 Å². The normalized spacial score (nSPS) is 18.8. The highest BCUT2D eigenvalue weighted by Crippen LogP contribution is 2.30. The summed E-state index contributed by atoms with van der Waals surface area (Å²) in [4.78, 5) is 30.7. The molecule has 0 aliphatic carbocycles. The van der Waals surface area contributed by atoms with Crippen LogP contribution in [-0.2, 0) is 20.7 Å². The standard InChI is InChI=1S/C33H38N6O4S/c1-22-28(20-44-32-35-21-36-39-32)43-26(19-34-22)18-17-23-11-9-10-16-27(23)37-31(40)30(38-33(41)42-2)29(24-12-5-3-6-13-24)25-14-7-4-8-15-25/h3-16,21-22,26,28-30,34H,17-20H2,1-2H3,(H,37,40)(H,38,41)(H,35,36,39)/t22-,26-,28-,30+/m1/s1. The van der Waals surface area contributed by atoms with Gasteiger partial charge in [-0.2, -0.15) is 0 Å². The quantitative estimate of drug-likeness (QED) is 0.168. The molecule has 4 aromatic rings. The largest absolute Gasteiger partial charge is 0.453 e. The number of para-hydroxylation sites is 1. The summed E-state index contributed by atoms with van der Waals surface area (Å²) in [6.07, 6.45) is 2.40.